The number of likely N-dealkylation sites (tertiary alicyclic amines) is 2. The highest BCUT2D eigenvalue weighted by molar-refractivity contribution is 5.85. The van der Waals surface area contributed by atoms with Crippen molar-refractivity contribution in [1.82, 2.24) is 9.80 Å². The predicted molar refractivity (Wildman–Crippen MR) is 65.6 cm³/mol. The van der Waals surface area contributed by atoms with Crippen molar-refractivity contribution in [3.8, 4) is 0 Å². The second kappa shape index (κ2) is 7.75. The van der Waals surface area contributed by atoms with Gasteiger partial charge in [0.05, 0.1) is 6.67 Å². The maximum atomic E-state index is 2.62. The second-order valence-electron chi connectivity index (χ2n) is 4.15. The molecule has 0 amide bonds. The highest BCUT2D eigenvalue weighted by Crippen LogP contribution is 2.12. The summed E-state index contributed by atoms with van der Waals surface area (Å²) >= 11 is 0. The Bertz CT molecular complexity index is 132. The summed E-state index contributed by atoms with van der Waals surface area (Å²) in [5.41, 5.74) is 0. The molecule has 2 aliphatic rings. The number of halogens is 2. The zero-order valence-corrected chi connectivity index (χ0v) is 10.4. The van der Waals surface area contributed by atoms with E-state index >= 15 is 0 Å². The average Bonchev–Trinajstić information content (AvgIpc) is 2.59. The van der Waals surface area contributed by atoms with Gasteiger partial charge in [-0.05, 0) is 51.9 Å². The topological polar surface area (TPSA) is 6.48 Å². The summed E-state index contributed by atoms with van der Waals surface area (Å²) in [6, 6.07) is 0. The van der Waals surface area contributed by atoms with Gasteiger partial charge in [0.1, 0.15) is 0 Å². The van der Waals surface area contributed by atoms with Gasteiger partial charge in [0.2, 0.25) is 0 Å². The van der Waals surface area contributed by atoms with Crippen LogP contribution in [0, 0.1) is 0 Å². The van der Waals surface area contributed by atoms with Crippen LogP contribution in [0.3, 0.4) is 0 Å². The lowest BCUT2D eigenvalue weighted by Gasteiger charge is -2.30. The lowest BCUT2D eigenvalue weighted by Crippen LogP contribution is -2.39. The third-order valence-electron chi connectivity index (χ3n) is 3.05. The van der Waals surface area contributed by atoms with Gasteiger partial charge >= 0.3 is 0 Å². The SMILES string of the molecule is C1CCN(CN2CCCC2)CC1.Cl.Cl. The van der Waals surface area contributed by atoms with Gasteiger partial charge in [0.15, 0.2) is 0 Å². The standard InChI is InChI=1S/C10H20N2.2ClH/c1-2-6-11(7-3-1)10-12-8-4-5-9-12;;/h1-10H2;2*1H. The van der Waals surface area contributed by atoms with Crippen molar-refractivity contribution in [1.29, 1.82) is 0 Å². The van der Waals surface area contributed by atoms with Crippen LogP contribution in [0.2, 0.25) is 0 Å². The minimum Gasteiger partial charge on any atom is -0.290 e. The molecule has 4 heteroatoms. The molecule has 0 atom stereocenters. The lowest BCUT2D eigenvalue weighted by atomic mass is 10.1. The van der Waals surface area contributed by atoms with Crippen LogP contribution in [0.25, 0.3) is 0 Å². The first-order valence-electron chi connectivity index (χ1n) is 5.40. The molecule has 14 heavy (non-hydrogen) atoms. The molecule has 2 nitrogen and oxygen atoms in total. The molecule has 0 aromatic heterocycles. The van der Waals surface area contributed by atoms with Gasteiger partial charge in [-0.2, -0.15) is 0 Å². The van der Waals surface area contributed by atoms with Crippen LogP contribution in [0.15, 0.2) is 0 Å². The highest BCUT2D eigenvalue weighted by atomic mass is 35.5. The Balaban J connectivity index is 0.000000845. The van der Waals surface area contributed by atoms with E-state index in [0.29, 0.717) is 0 Å². The molecule has 0 aromatic rings. The molecule has 86 valence electrons. The maximum absolute atomic E-state index is 2.62. The van der Waals surface area contributed by atoms with Gasteiger partial charge in [-0.3, -0.25) is 9.80 Å². The van der Waals surface area contributed by atoms with Gasteiger partial charge in [0.25, 0.3) is 0 Å². The molecule has 2 rings (SSSR count). The highest BCUT2D eigenvalue weighted by Gasteiger charge is 2.16. The van der Waals surface area contributed by atoms with E-state index in [4.69, 9.17) is 0 Å². The first-order chi connectivity index (χ1) is 5.95. The van der Waals surface area contributed by atoms with E-state index in [0.717, 1.165) is 0 Å². The monoisotopic (exact) mass is 240 g/mol. The van der Waals surface area contributed by atoms with Gasteiger partial charge in [-0.15, -0.1) is 24.8 Å². The number of hydrogen-bond donors (Lipinski definition) is 0. The molecular formula is C10H22Cl2N2. The number of piperidine rings is 1. The van der Waals surface area contributed by atoms with Crippen molar-refractivity contribution in [2.24, 2.45) is 0 Å². The Kier molecular flexibility index (Phi) is 8.02. The fourth-order valence-corrected chi connectivity index (χ4v) is 2.31. The molecule has 0 unspecified atom stereocenters. The van der Waals surface area contributed by atoms with E-state index in [-0.39, 0.29) is 24.8 Å². The Morgan fingerprint density at radius 2 is 0.929 bits per heavy atom. The largest absolute Gasteiger partial charge is 0.290 e. The van der Waals surface area contributed by atoms with Gasteiger partial charge in [-0.25, -0.2) is 0 Å². The summed E-state index contributed by atoms with van der Waals surface area (Å²) in [4.78, 5) is 5.22. The molecule has 0 radical (unpaired) electrons. The van der Waals surface area contributed by atoms with Crippen molar-refractivity contribution < 1.29 is 0 Å². The summed E-state index contributed by atoms with van der Waals surface area (Å²) in [6.07, 6.45) is 7.15. The molecule has 2 saturated heterocycles. The van der Waals surface area contributed by atoms with Crippen LogP contribution >= 0.6 is 24.8 Å². The van der Waals surface area contributed by atoms with Crippen LogP contribution in [-0.4, -0.2) is 42.6 Å². The van der Waals surface area contributed by atoms with E-state index in [1.807, 2.05) is 0 Å². The lowest BCUT2D eigenvalue weighted by molar-refractivity contribution is 0.132. The van der Waals surface area contributed by atoms with E-state index in [1.165, 1.54) is 65.0 Å². The van der Waals surface area contributed by atoms with Crippen molar-refractivity contribution in [2.45, 2.75) is 32.1 Å². The van der Waals surface area contributed by atoms with E-state index < -0.39 is 0 Å². The molecule has 2 fully saturated rings. The Hall–Kier alpha value is 0.500. The summed E-state index contributed by atoms with van der Waals surface area (Å²) in [7, 11) is 0. The van der Waals surface area contributed by atoms with Gasteiger partial charge < -0.3 is 0 Å². The Labute approximate surface area is 99.8 Å². The van der Waals surface area contributed by atoms with E-state index in [9.17, 15) is 0 Å². The molecule has 0 aliphatic carbocycles. The summed E-state index contributed by atoms with van der Waals surface area (Å²) < 4.78 is 0. The smallest absolute Gasteiger partial charge is 0.0506 e. The van der Waals surface area contributed by atoms with Crippen molar-refractivity contribution in [2.75, 3.05) is 32.8 Å². The Morgan fingerprint density at radius 3 is 1.36 bits per heavy atom. The maximum Gasteiger partial charge on any atom is 0.0506 e. The van der Waals surface area contributed by atoms with Crippen molar-refractivity contribution in [3.05, 3.63) is 0 Å². The number of hydrogen-bond acceptors (Lipinski definition) is 2. The quantitative estimate of drug-likeness (QED) is 0.732. The number of nitrogens with zero attached hydrogens (tertiary/aromatic N) is 2. The van der Waals surface area contributed by atoms with Crippen LogP contribution in [0.5, 0.6) is 0 Å². The third-order valence-corrected chi connectivity index (χ3v) is 3.05. The molecular weight excluding hydrogens is 219 g/mol. The summed E-state index contributed by atoms with van der Waals surface area (Å²) in [5.74, 6) is 0. The molecule has 0 spiro atoms. The minimum absolute atomic E-state index is 0. The van der Waals surface area contributed by atoms with Crippen molar-refractivity contribution >= 4 is 24.8 Å². The molecule has 0 saturated carbocycles. The summed E-state index contributed by atoms with van der Waals surface area (Å²) in [5, 5.41) is 0. The molecule has 0 aromatic carbocycles. The molecule has 0 bridgehead atoms. The minimum atomic E-state index is 0. The zero-order chi connectivity index (χ0) is 8.23. The third kappa shape index (κ3) is 4.35. The second-order valence-corrected chi connectivity index (χ2v) is 4.15. The normalized spacial score (nSPS) is 24.0. The fourth-order valence-electron chi connectivity index (χ4n) is 2.31. The summed E-state index contributed by atoms with van der Waals surface area (Å²) in [6.45, 7) is 6.62. The van der Waals surface area contributed by atoms with Crippen LogP contribution in [-0.2, 0) is 0 Å². The first-order valence-corrected chi connectivity index (χ1v) is 5.40. The van der Waals surface area contributed by atoms with Crippen LogP contribution < -0.4 is 0 Å². The zero-order valence-electron chi connectivity index (χ0n) is 8.78. The van der Waals surface area contributed by atoms with E-state index in [1.54, 1.807) is 0 Å². The fraction of sp³-hybridized carbons (Fsp3) is 1.00. The van der Waals surface area contributed by atoms with Gasteiger partial charge in [0, 0.05) is 0 Å². The first kappa shape index (κ1) is 14.5. The number of rotatable bonds is 2. The molecule has 2 aliphatic heterocycles. The average molecular weight is 241 g/mol. The predicted octanol–water partition coefficient (Wildman–Crippen LogP) is 2.37. The Morgan fingerprint density at radius 1 is 0.571 bits per heavy atom. The van der Waals surface area contributed by atoms with Crippen LogP contribution in [0.1, 0.15) is 32.1 Å². The van der Waals surface area contributed by atoms with E-state index in [2.05, 4.69) is 9.80 Å². The van der Waals surface area contributed by atoms with Crippen molar-refractivity contribution in [3.63, 3.8) is 0 Å². The van der Waals surface area contributed by atoms with Crippen LogP contribution in [0.4, 0.5) is 0 Å². The molecule has 2 heterocycles. The molecule has 0 N–H and O–H groups in total. The van der Waals surface area contributed by atoms with Gasteiger partial charge in [-0.1, -0.05) is 6.42 Å².